The van der Waals surface area contributed by atoms with E-state index in [1.165, 1.54) is 0 Å². The zero-order chi connectivity index (χ0) is 33.9. The number of likely N-dealkylation sites (tertiary alicyclic amines) is 1. The summed E-state index contributed by atoms with van der Waals surface area (Å²) in [4.78, 5) is 39.5. The fraction of sp³-hybridized carbons (Fsp3) is 0.359. The Labute approximate surface area is 288 Å². The van der Waals surface area contributed by atoms with Gasteiger partial charge in [0.25, 0.3) is 5.91 Å². The molecule has 2 N–H and O–H groups in total. The molecule has 0 unspecified atom stereocenters. The number of carbonyl (C=O) groups is 2. The molecule has 0 aliphatic carbocycles. The van der Waals surface area contributed by atoms with Crippen molar-refractivity contribution < 1.29 is 9.59 Å². The van der Waals surface area contributed by atoms with Crippen LogP contribution >= 0.6 is 0 Å². The number of nitrogens with zero attached hydrogens (tertiary/aromatic N) is 7. The van der Waals surface area contributed by atoms with Crippen molar-refractivity contribution in [2.24, 2.45) is 11.7 Å². The summed E-state index contributed by atoms with van der Waals surface area (Å²) in [6.07, 6.45) is 7.85. The zero-order valence-electron chi connectivity index (χ0n) is 28.5. The lowest BCUT2D eigenvalue weighted by Gasteiger charge is -2.35. The van der Waals surface area contributed by atoms with Crippen molar-refractivity contribution in [3.8, 4) is 11.1 Å². The first-order valence-corrected chi connectivity index (χ1v) is 17.3. The summed E-state index contributed by atoms with van der Waals surface area (Å²) in [7, 11) is 4.01. The summed E-state index contributed by atoms with van der Waals surface area (Å²) in [6, 6.07) is 24.7. The normalized spacial score (nSPS) is 16.0. The van der Waals surface area contributed by atoms with E-state index in [1.54, 1.807) is 0 Å². The molecule has 0 bridgehead atoms. The van der Waals surface area contributed by atoms with Crippen molar-refractivity contribution in [1.29, 1.82) is 0 Å². The molecule has 3 amide bonds. The monoisotopic (exact) mass is 658 g/mol. The lowest BCUT2D eigenvalue weighted by atomic mass is 9.97. The second kappa shape index (κ2) is 14.2. The molecule has 2 fully saturated rings. The summed E-state index contributed by atoms with van der Waals surface area (Å²) in [5.74, 6) is 0.896. The smallest absolute Gasteiger partial charge is 0.320 e. The molecule has 0 saturated carbocycles. The van der Waals surface area contributed by atoms with E-state index in [0.717, 1.165) is 97.6 Å². The van der Waals surface area contributed by atoms with Crippen LogP contribution in [0.25, 0.3) is 21.9 Å². The van der Waals surface area contributed by atoms with E-state index in [-0.39, 0.29) is 6.03 Å². The van der Waals surface area contributed by atoms with Crippen LogP contribution in [0, 0.1) is 5.92 Å². The SMILES string of the molecule is CN1CCN(c2c(C(N)=O)c(-c3cccc4ccccc34)cn2Cc2cncn2CC2CCN(C(=O)N(C)Cc3ccccc3)CC2)CC1. The van der Waals surface area contributed by atoms with Gasteiger partial charge in [0.15, 0.2) is 0 Å². The van der Waals surface area contributed by atoms with Crippen molar-refractivity contribution in [3.05, 3.63) is 108 Å². The number of primary amides is 1. The number of rotatable bonds is 9. The highest BCUT2D eigenvalue weighted by Crippen LogP contribution is 2.38. The van der Waals surface area contributed by atoms with Crippen LogP contribution in [0.4, 0.5) is 10.6 Å². The van der Waals surface area contributed by atoms with Crippen LogP contribution in [0.2, 0.25) is 0 Å². The lowest BCUT2D eigenvalue weighted by molar-refractivity contribution is 0.100. The molecule has 0 atom stereocenters. The van der Waals surface area contributed by atoms with Gasteiger partial charge in [-0.25, -0.2) is 9.78 Å². The highest BCUT2D eigenvalue weighted by Gasteiger charge is 2.29. The summed E-state index contributed by atoms with van der Waals surface area (Å²) in [5, 5.41) is 2.22. The van der Waals surface area contributed by atoms with Gasteiger partial charge >= 0.3 is 6.03 Å². The third-order valence-corrected chi connectivity index (χ3v) is 10.2. The minimum atomic E-state index is -0.417. The molecule has 0 radical (unpaired) electrons. The Kier molecular flexibility index (Phi) is 9.39. The third kappa shape index (κ3) is 6.91. The molecule has 10 nitrogen and oxygen atoms in total. The molecule has 2 saturated heterocycles. The van der Waals surface area contributed by atoms with Crippen LogP contribution < -0.4 is 10.6 Å². The predicted octanol–water partition coefficient (Wildman–Crippen LogP) is 5.37. The molecule has 7 rings (SSSR count). The van der Waals surface area contributed by atoms with Gasteiger partial charge in [0.1, 0.15) is 5.82 Å². The average molecular weight is 659 g/mol. The number of aromatic nitrogens is 3. The molecule has 3 aromatic carbocycles. The van der Waals surface area contributed by atoms with Gasteiger partial charge in [-0.3, -0.25) is 4.79 Å². The number of likely N-dealkylation sites (N-methyl/N-ethyl adjacent to an activating group) is 1. The Morgan fingerprint density at radius 1 is 0.857 bits per heavy atom. The Balaban J connectivity index is 1.11. The fourth-order valence-corrected chi connectivity index (χ4v) is 7.50. The van der Waals surface area contributed by atoms with E-state index < -0.39 is 5.91 Å². The summed E-state index contributed by atoms with van der Waals surface area (Å²) in [5.41, 5.74) is 10.9. The first-order valence-electron chi connectivity index (χ1n) is 17.3. The summed E-state index contributed by atoms with van der Waals surface area (Å²) < 4.78 is 4.46. The maximum Gasteiger partial charge on any atom is 0.320 e. The lowest BCUT2D eigenvalue weighted by Crippen LogP contribution is -2.46. The van der Waals surface area contributed by atoms with Crippen molar-refractivity contribution in [2.75, 3.05) is 58.3 Å². The number of anilines is 1. The van der Waals surface area contributed by atoms with Crippen molar-refractivity contribution in [2.45, 2.75) is 32.5 Å². The third-order valence-electron chi connectivity index (χ3n) is 10.2. The standard InChI is InChI=1S/C39H46N8O2/c1-42-19-21-44(22-20-42)38-36(37(40)48)35(34-14-8-12-31-11-6-7-13-33(31)34)27-46(38)26-32-23-41-28-47(32)25-30-15-17-45(18-16-30)39(49)43(2)24-29-9-4-3-5-10-29/h3-14,23,27-28,30H,15-22,24-26H2,1-2H3,(H2,40,48). The molecule has 4 heterocycles. The van der Waals surface area contributed by atoms with Gasteiger partial charge < -0.3 is 34.5 Å². The Bertz CT molecular complexity index is 1910. The van der Waals surface area contributed by atoms with Crippen LogP contribution in [-0.4, -0.2) is 94.1 Å². The molecule has 5 aromatic rings. The van der Waals surface area contributed by atoms with Gasteiger partial charge in [-0.15, -0.1) is 0 Å². The fourth-order valence-electron chi connectivity index (χ4n) is 7.50. The maximum absolute atomic E-state index is 13.3. The second-order valence-corrected chi connectivity index (χ2v) is 13.6. The molecular weight excluding hydrogens is 612 g/mol. The molecule has 0 spiro atoms. The van der Waals surface area contributed by atoms with E-state index in [0.29, 0.717) is 24.6 Å². The zero-order valence-corrected chi connectivity index (χ0v) is 28.5. The number of benzene rings is 3. The first kappa shape index (κ1) is 32.5. The maximum atomic E-state index is 13.3. The Morgan fingerprint density at radius 2 is 1.57 bits per heavy atom. The highest BCUT2D eigenvalue weighted by molar-refractivity contribution is 6.09. The number of fused-ring (bicyclic) bond motifs is 1. The minimum Gasteiger partial charge on any atom is -0.365 e. The van der Waals surface area contributed by atoms with Crippen molar-refractivity contribution >= 4 is 28.5 Å². The molecule has 10 heteroatoms. The summed E-state index contributed by atoms with van der Waals surface area (Å²) in [6.45, 7) is 6.94. The van der Waals surface area contributed by atoms with Gasteiger partial charge in [-0.2, -0.15) is 0 Å². The number of piperidine rings is 1. The van der Waals surface area contributed by atoms with Gasteiger partial charge in [0, 0.05) is 77.4 Å². The first-order chi connectivity index (χ1) is 23.9. The number of piperazine rings is 1. The average Bonchev–Trinajstić information content (AvgIpc) is 3.73. The van der Waals surface area contributed by atoms with Crippen LogP contribution in [0.5, 0.6) is 0 Å². The number of urea groups is 1. The van der Waals surface area contributed by atoms with Crippen LogP contribution in [0.3, 0.4) is 0 Å². The van der Waals surface area contributed by atoms with Gasteiger partial charge in [0.2, 0.25) is 0 Å². The van der Waals surface area contributed by atoms with Crippen LogP contribution in [0.15, 0.2) is 91.5 Å². The highest BCUT2D eigenvalue weighted by atomic mass is 16.2. The molecule has 2 aliphatic rings. The van der Waals surface area contributed by atoms with Gasteiger partial charge in [-0.1, -0.05) is 72.8 Å². The Morgan fingerprint density at radius 3 is 2.33 bits per heavy atom. The number of imidazole rings is 1. The van der Waals surface area contributed by atoms with E-state index in [4.69, 9.17) is 5.73 Å². The quantitative estimate of drug-likeness (QED) is 0.230. The Hall–Kier alpha value is -5.09. The predicted molar refractivity (Wildman–Crippen MR) is 195 cm³/mol. The molecular formula is C39H46N8O2. The van der Waals surface area contributed by atoms with E-state index in [9.17, 15) is 9.59 Å². The second-order valence-electron chi connectivity index (χ2n) is 13.6. The van der Waals surface area contributed by atoms with E-state index >= 15 is 0 Å². The van der Waals surface area contributed by atoms with Gasteiger partial charge in [0.05, 0.1) is 24.1 Å². The minimum absolute atomic E-state index is 0.0851. The molecule has 2 aliphatic heterocycles. The topological polar surface area (TPSA) is 95.9 Å². The van der Waals surface area contributed by atoms with Crippen LogP contribution in [-0.2, 0) is 19.6 Å². The van der Waals surface area contributed by atoms with E-state index in [2.05, 4.69) is 73.6 Å². The van der Waals surface area contributed by atoms with Crippen molar-refractivity contribution in [3.63, 3.8) is 0 Å². The molecule has 2 aromatic heterocycles. The number of amides is 3. The number of hydrogen-bond acceptors (Lipinski definition) is 5. The molecule has 254 valence electrons. The van der Waals surface area contributed by atoms with E-state index in [1.807, 2.05) is 65.8 Å². The number of carbonyl (C=O) groups excluding carboxylic acids is 2. The number of hydrogen-bond donors (Lipinski definition) is 1. The van der Waals surface area contributed by atoms with Crippen LogP contribution in [0.1, 0.15) is 34.5 Å². The summed E-state index contributed by atoms with van der Waals surface area (Å²) >= 11 is 0. The van der Waals surface area contributed by atoms with Gasteiger partial charge in [-0.05, 0) is 47.7 Å². The molecule has 49 heavy (non-hydrogen) atoms. The van der Waals surface area contributed by atoms with Crippen molar-refractivity contribution in [1.82, 2.24) is 28.8 Å². The number of nitrogens with two attached hydrogens (primary N) is 1. The largest absolute Gasteiger partial charge is 0.365 e.